The SMILES string of the molecule is CCCCCc1ccc(-c2ncc([C@H]3CC[C@H](CCC)CC3)cn2)cc1. The highest BCUT2D eigenvalue weighted by Crippen LogP contribution is 2.37. The molecule has 2 heteroatoms. The Balaban J connectivity index is 1.57. The number of rotatable bonds is 8. The highest BCUT2D eigenvalue weighted by Gasteiger charge is 2.22. The number of hydrogen-bond donors (Lipinski definition) is 0. The molecule has 0 atom stereocenters. The van der Waals surface area contributed by atoms with E-state index < -0.39 is 0 Å². The Labute approximate surface area is 159 Å². The van der Waals surface area contributed by atoms with Gasteiger partial charge in [-0.2, -0.15) is 0 Å². The molecule has 1 aliphatic rings. The van der Waals surface area contributed by atoms with Crippen molar-refractivity contribution in [2.75, 3.05) is 0 Å². The van der Waals surface area contributed by atoms with Crippen LogP contribution in [0.4, 0.5) is 0 Å². The highest BCUT2D eigenvalue weighted by molar-refractivity contribution is 5.55. The van der Waals surface area contributed by atoms with Crippen LogP contribution in [0.2, 0.25) is 0 Å². The number of aromatic nitrogens is 2. The Kier molecular flexibility index (Phi) is 7.22. The predicted octanol–water partition coefficient (Wildman–Crippen LogP) is 6.95. The molecular formula is C24H34N2. The first kappa shape index (κ1) is 19.1. The number of nitrogens with zero attached hydrogens (tertiary/aromatic N) is 2. The fraction of sp³-hybridized carbons (Fsp3) is 0.583. The van der Waals surface area contributed by atoms with Crippen LogP contribution >= 0.6 is 0 Å². The molecule has 0 bridgehead atoms. The lowest BCUT2D eigenvalue weighted by atomic mass is 9.78. The zero-order valence-corrected chi connectivity index (χ0v) is 16.6. The molecule has 0 spiro atoms. The van der Waals surface area contributed by atoms with Gasteiger partial charge in [-0.25, -0.2) is 9.97 Å². The lowest BCUT2D eigenvalue weighted by Gasteiger charge is -2.28. The molecule has 2 aromatic rings. The van der Waals surface area contributed by atoms with Gasteiger partial charge < -0.3 is 0 Å². The smallest absolute Gasteiger partial charge is 0.159 e. The van der Waals surface area contributed by atoms with Gasteiger partial charge in [0.05, 0.1) is 0 Å². The Bertz CT molecular complexity index is 637. The molecule has 140 valence electrons. The summed E-state index contributed by atoms with van der Waals surface area (Å²) in [5, 5.41) is 0. The number of benzene rings is 1. The van der Waals surface area contributed by atoms with Gasteiger partial charge >= 0.3 is 0 Å². The van der Waals surface area contributed by atoms with E-state index in [9.17, 15) is 0 Å². The van der Waals surface area contributed by atoms with E-state index in [0.717, 1.165) is 17.3 Å². The van der Waals surface area contributed by atoms with Crippen LogP contribution in [0.15, 0.2) is 36.7 Å². The minimum atomic E-state index is 0.665. The molecule has 0 N–H and O–H groups in total. The van der Waals surface area contributed by atoms with Crippen molar-refractivity contribution in [3.05, 3.63) is 47.8 Å². The third kappa shape index (κ3) is 5.16. The number of hydrogen-bond acceptors (Lipinski definition) is 2. The molecule has 0 saturated heterocycles. The van der Waals surface area contributed by atoms with E-state index in [2.05, 4.69) is 60.5 Å². The summed E-state index contributed by atoms with van der Waals surface area (Å²) < 4.78 is 0. The maximum Gasteiger partial charge on any atom is 0.159 e. The summed E-state index contributed by atoms with van der Waals surface area (Å²) in [4.78, 5) is 9.35. The van der Waals surface area contributed by atoms with Crippen molar-refractivity contribution < 1.29 is 0 Å². The van der Waals surface area contributed by atoms with Gasteiger partial charge in [0.15, 0.2) is 5.82 Å². The first-order valence-corrected chi connectivity index (χ1v) is 10.7. The van der Waals surface area contributed by atoms with Crippen LogP contribution in [-0.4, -0.2) is 9.97 Å². The minimum absolute atomic E-state index is 0.665. The molecule has 1 aromatic carbocycles. The van der Waals surface area contributed by atoms with Crippen LogP contribution in [-0.2, 0) is 6.42 Å². The molecular weight excluding hydrogens is 316 g/mol. The highest BCUT2D eigenvalue weighted by atomic mass is 14.9. The molecule has 1 aliphatic carbocycles. The quantitative estimate of drug-likeness (QED) is 0.481. The van der Waals surface area contributed by atoms with Gasteiger partial charge in [-0.3, -0.25) is 0 Å². The molecule has 0 unspecified atom stereocenters. The average Bonchev–Trinajstić information content (AvgIpc) is 2.70. The number of unbranched alkanes of at least 4 members (excludes halogenated alkanes) is 2. The van der Waals surface area contributed by atoms with E-state index in [1.54, 1.807) is 0 Å². The molecule has 0 aliphatic heterocycles. The van der Waals surface area contributed by atoms with Gasteiger partial charge in [0, 0.05) is 18.0 Å². The van der Waals surface area contributed by atoms with Crippen LogP contribution in [0.3, 0.4) is 0 Å². The van der Waals surface area contributed by atoms with Gasteiger partial charge in [-0.15, -0.1) is 0 Å². The molecule has 3 rings (SSSR count). The summed E-state index contributed by atoms with van der Waals surface area (Å²) >= 11 is 0. The summed E-state index contributed by atoms with van der Waals surface area (Å²) in [6.07, 6.45) is 17.3. The molecule has 1 aromatic heterocycles. The van der Waals surface area contributed by atoms with Crippen molar-refractivity contribution >= 4 is 0 Å². The monoisotopic (exact) mass is 350 g/mol. The maximum absolute atomic E-state index is 4.67. The third-order valence-corrected chi connectivity index (χ3v) is 5.97. The van der Waals surface area contributed by atoms with Crippen LogP contribution in [0.5, 0.6) is 0 Å². The van der Waals surface area contributed by atoms with Crippen molar-refractivity contribution in [3.8, 4) is 11.4 Å². The fourth-order valence-corrected chi connectivity index (χ4v) is 4.29. The van der Waals surface area contributed by atoms with Gasteiger partial charge in [0.2, 0.25) is 0 Å². The largest absolute Gasteiger partial charge is 0.236 e. The first-order valence-electron chi connectivity index (χ1n) is 10.7. The normalized spacial score (nSPS) is 20.2. The van der Waals surface area contributed by atoms with Crippen LogP contribution < -0.4 is 0 Å². The maximum atomic E-state index is 4.67. The van der Waals surface area contributed by atoms with Gasteiger partial charge in [0.1, 0.15) is 0 Å². The summed E-state index contributed by atoms with van der Waals surface area (Å²) in [7, 11) is 0. The lowest BCUT2D eigenvalue weighted by Crippen LogP contribution is -2.13. The second-order valence-corrected chi connectivity index (χ2v) is 8.00. The van der Waals surface area contributed by atoms with Crippen LogP contribution in [0.1, 0.15) is 88.7 Å². The van der Waals surface area contributed by atoms with E-state index in [0.29, 0.717) is 5.92 Å². The molecule has 1 fully saturated rings. The first-order chi connectivity index (χ1) is 12.8. The predicted molar refractivity (Wildman–Crippen MR) is 110 cm³/mol. The minimum Gasteiger partial charge on any atom is -0.236 e. The van der Waals surface area contributed by atoms with Crippen LogP contribution in [0.25, 0.3) is 11.4 Å². The van der Waals surface area contributed by atoms with E-state index in [1.165, 1.54) is 75.3 Å². The van der Waals surface area contributed by atoms with Gasteiger partial charge in [-0.1, -0.05) is 63.8 Å². The zero-order valence-electron chi connectivity index (χ0n) is 16.6. The Morgan fingerprint density at radius 1 is 0.846 bits per heavy atom. The molecule has 26 heavy (non-hydrogen) atoms. The van der Waals surface area contributed by atoms with E-state index in [4.69, 9.17) is 0 Å². The number of aryl methyl sites for hydroxylation is 1. The van der Waals surface area contributed by atoms with Gasteiger partial charge in [-0.05, 0) is 61.5 Å². The molecule has 1 heterocycles. The average molecular weight is 351 g/mol. The Morgan fingerprint density at radius 2 is 1.54 bits per heavy atom. The molecule has 0 radical (unpaired) electrons. The standard InChI is InChI=1S/C24H34N2/c1-3-5-6-8-20-11-15-22(16-12-20)24-25-17-23(18-26-24)21-13-9-19(7-4-2)10-14-21/h11-12,15-19,21H,3-10,13-14H2,1-2H3/t19-,21-. The Morgan fingerprint density at radius 3 is 2.15 bits per heavy atom. The molecule has 1 saturated carbocycles. The van der Waals surface area contributed by atoms with Crippen molar-refractivity contribution in [2.24, 2.45) is 5.92 Å². The summed E-state index contributed by atoms with van der Waals surface area (Å²) in [5.41, 5.74) is 3.88. The fourth-order valence-electron chi connectivity index (χ4n) is 4.29. The summed E-state index contributed by atoms with van der Waals surface area (Å²) in [6, 6.07) is 8.81. The van der Waals surface area contributed by atoms with Crippen LogP contribution in [0, 0.1) is 5.92 Å². The second-order valence-electron chi connectivity index (χ2n) is 8.00. The van der Waals surface area contributed by atoms with Crippen molar-refractivity contribution in [1.82, 2.24) is 9.97 Å². The summed E-state index contributed by atoms with van der Waals surface area (Å²) in [6.45, 7) is 4.55. The van der Waals surface area contributed by atoms with Crippen molar-refractivity contribution in [3.63, 3.8) is 0 Å². The van der Waals surface area contributed by atoms with Crippen molar-refractivity contribution in [1.29, 1.82) is 0 Å². The van der Waals surface area contributed by atoms with Gasteiger partial charge in [0.25, 0.3) is 0 Å². The second kappa shape index (κ2) is 9.85. The van der Waals surface area contributed by atoms with E-state index in [-0.39, 0.29) is 0 Å². The molecule has 0 amide bonds. The summed E-state index contributed by atoms with van der Waals surface area (Å²) in [5.74, 6) is 2.47. The lowest BCUT2D eigenvalue weighted by molar-refractivity contribution is 0.308. The zero-order chi connectivity index (χ0) is 18.2. The van der Waals surface area contributed by atoms with Crippen molar-refractivity contribution in [2.45, 2.75) is 84.0 Å². The molecule has 2 nitrogen and oxygen atoms in total. The Hall–Kier alpha value is -1.70. The van der Waals surface area contributed by atoms with E-state index >= 15 is 0 Å². The van der Waals surface area contributed by atoms with E-state index in [1.807, 2.05) is 0 Å². The third-order valence-electron chi connectivity index (χ3n) is 5.97. The topological polar surface area (TPSA) is 25.8 Å².